The van der Waals surface area contributed by atoms with Crippen LogP contribution >= 0.6 is 11.6 Å². The number of ether oxygens (including phenoxy) is 1. The second kappa shape index (κ2) is 10.2. The summed E-state index contributed by atoms with van der Waals surface area (Å²) in [4.78, 5) is 25.3. The highest BCUT2D eigenvalue weighted by Gasteiger charge is 2.11. The minimum Gasteiger partial charge on any atom is -0.385 e. The maximum absolute atomic E-state index is 12.0. The molecular formula is C16H24ClN3O3. The van der Waals surface area contributed by atoms with Crippen LogP contribution in [-0.2, 0) is 14.3 Å². The fourth-order valence-electron chi connectivity index (χ4n) is 1.96. The first-order chi connectivity index (χ1) is 10.9. The lowest BCUT2D eigenvalue weighted by molar-refractivity contribution is -0.123. The Morgan fingerprint density at radius 2 is 1.96 bits per heavy atom. The minimum atomic E-state index is -0.217. The van der Waals surface area contributed by atoms with Crippen molar-refractivity contribution in [2.24, 2.45) is 0 Å². The molecule has 0 saturated carbocycles. The Bertz CT molecular complexity index is 537. The summed E-state index contributed by atoms with van der Waals surface area (Å²) in [5, 5.41) is 6.01. The second-order valence-electron chi connectivity index (χ2n) is 5.40. The summed E-state index contributed by atoms with van der Waals surface area (Å²) in [6.45, 7) is 3.36. The van der Waals surface area contributed by atoms with Gasteiger partial charge in [-0.1, -0.05) is 17.7 Å². The number of rotatable bonds is 9. The van der Waals surface area contributed by atoms with E-state index in [1.165, 1.54) is 0 Å². The van der Waals surface area contributed by atoms with Crippen molar-refractivity contribution in [1.29, 1.82) is 0 Å². The maximum atomic E-state index is 12.0. The summed E-state index contributed by atoms with van der Waals surface area (Å²) in [6.07, 6.45) is 0.762. The van der Waals surface area contributed by atoms with Gasteiger partial charge in [0.25, 0.3) is 0 Å². The molecule has 0 aliphatic rings. The molecule has 0 unspecified atom stereocenters. The van der Waals surface area contributed by atoms with E-state index in [9.17, 15) is 9.59 Å². The molecule has 6 nitrogen and oxygen atoms in total. The van der Waals surface area contributed by atoms with Crippen LogP contribution in [0.25, 0.3) is 0 Å². The normalized spacial score (nSPS) is 10.7. The molecule has 2 N–H and O–H groups in total. The summed E-state index contributed by atoms with van der Waals surface area (Å²) in [5.41, 5.74) is 1.59. The molecule has 0 radical (unpaired) electrons. The largest absolute Gasteiger partial charge is 0.385 e. The van der Waals surface area contributed by atoms with Crippen LogP contribution in [0.5, 0.6) is 0 Å². The summed E-state index contributed by atoms with van der Waals surface area (Å²) >= 11 is 6.07. The number of halogens is 1. The van der Waals surface area contributed by atoms with Crippen LogP contribution in [0.2, 0.25) is 5.02 Å². The number of likely N-dealkylation sites (N-methyl/N-ethyl adjacent to an activating group) is 1. The molecule has 0 heterocycles. The Labute approximate surface area is 142 Å². The molecule has 2 amide bonds. The molecule has 0 fully saturated rings. The number of carbonyl (C=O) groups is 2. The molecular weight excluding hydrogens is 318 g/mol. The van der Waals surface area contributed by atoms with Crippen LogP contribution in [0.1, 0.15) is 12.0 Å². The smallest absolute Gasteiger partial charge is 0.238 e. The number of amides is 2. The molecule has 0 atom stereocenters. The number of aryl methyl sites for hydroxylation is 1. The van der Waals surface area contributed by atoms with E-state index in [-0.39, 0.29) is 24.9 Å². The van der Waals surface area contributed by atoms with E-state index in [0.717, 1.165) is 12.0 Å². The Hall–Kier alpha value is -1.63. The molecule has 0 aliphatic carbocycles. The van der Waals surface area contributed by atoms with Crippen LogP contribution in [0.3, 0.4) is 0 Å². The number of hydrogen-bond donors (Lipinski definition) is 2. The minimum absolute atomic E-state index is 0.107. The third-order valence-corrected chi connectivity index (χ3v) is 3.39. The van der Waals surface area contributed by atoms with Gasteiger partial charge in [-0.15, -0.1) is 0 Å². The summed E-state index contributed by atoms with van der Waals surface area (Å²) in [7, 11) is 3.33. The van der Waals surface area contributed by atoms with Crippen molar-refractivity contribution in [2.45, 2.75) is 13.3 Å². The van der Waals surface area contributed by atoms with Gasteiger partial charge in [-0.25, -0.2) is 0 Å². The van der Waals surface area contributed by atoms with Gasteiger partial charge >= 0.3 is 0 Å². The predicted octanol–water partition coefficient (Wildman–Crippen LogP) is 1.67. The molecule has 7 heteroatoms. The zero-order valence-electron chi connectivity index (χ0n) is 13.8. The zero-order chi connectivity index (χ0) is 17.2. The molecule has 1 rings (SSSR count). The van der Waals surface area contributed by atoms with Crippen LogP contribution in [0.15, 0.2) is 18.2 Å². The molecule has 0 aliphatic heterocycles. The molecule has 23 heavy (non-hydrogen) atoms. The van der Waals surface area contributed by atoms with Gasteiger partial charge in [0.05, 0.1) is 23.8 Å². The van der Waals surface area contributed by atoms with Gasteiger partial charge in [0.15, 0.2) is 0 Å². The number of anilines is 1. The lowest BCUT2D eigenvalue weighted by Crippen LogP contribution is -2.39. The molecule has 0 bridgehead atoms. The van der Waals surface area contributed by atoms with Crippen molar-refractivity contribution in [2.75, 3.05) is 45.7 Å². The fraction of sp³-hybridized carbons (Fsp3) is 0.500. The fourth-order valence-corrected chi connectivity index (χ4v) is 2.24. The average Bonchev–Trinajstić information content (AvgIpc) is 2.46. The van der Waals surface area contributed by atoms with Crippen molar-refractivity contribution in [3.05, 3.63) is 28.8 Å². The number of carbonyl (C=O) groups excluding carboxylic acids is 2. The Kier molecular flexibility index (Phi) is 8.61. The SMILES string of the molecule is COCCCNC(=O)CN(C)CC(=O)Nc1ccc(C)cc1Cl. The summed E-state index contributed by atoms with van der Waals surface area (Å²) in [6, 6.07) is 5.42. The van der Waals surface area contributed by atoms with Gasteiger partial charge < -0.3 is 15.4 Å². The number of hydrogen-bond acceptors (Lipinski definition) is 4. The highest BCUT2D eigenvalue weighted by Crippen LogP contribution is 2.22. The van der Waals surface area contributed by atoms with Gasteiger partial charge in [0.1, 0.15) is 0 Å². The summed E-state index contributed by atoms with van der Waals surface area (Å²) < 4.78 is 4.91. The van der Waals surface area contributed by atoms with Gasteiger partial charge in [-0.05, 0) is 38.1 Å². The number of nitrogens with zero attached hydrogens (tertiary/aromatic N) is 1. The third kappa shape index (κ3) is 7.97. The van der Waals surface area contributed by atoms with Crippen LogP contribution in [0, 0.1) is 6.92 Å². The second-order valence-corrected chi connectivity index (χ2v) is 5.81. The van der Waals surface area contributed by atoms with E-state index < -0.39 is 0 Å². The molecule has 1 aromatic rings. The molecule has 1 aromatic carbocycles. The first-order valence-electron chi connectivity index (χ1n) is 7.42. The van der Waals surface area contributed by atoms with Crippen molar-refractivity contribution in [1.82, 2.24) is 10.2 Å². The highest BCUT2D eigenvalue weighted by molar-refractivity contribution is 6.33. The van der Waals surface area contributed by atoms with Gasteiger partial charge in [0.2, 0.25) is 11.8 Å². The maximum Gasteiger partial charge on any atom is 0.238 e. The topological polar surface area (TPSA) is 70.7 Å². The summed E-state index contributed by atoms with van der Waals surface area (Å²) in [5.74, 6) is -0.338. The van der Waals surface area contributed by atoms with Crippen LogP contribution < -0.4 is 10.6 Å². The van der Waals surface area contributed by atoms with E-state index in [2.05, 4.69) is 10.6 Å². The van der Waals surface area contributed by atoms with E-state index >= 15 is 0 Å². The van der Waals surface area contributed by atoms with Crippen molar-refractivity contribution in [3.63, 3.8) is 0 Å². The number of benzene rings is 1. The quantitative estimate of drug-likeness (QED) is 0.670. The first kappa shape index (κ1) is 19.4. The lowest BCUT2D eigenvalue weighted by Gasteiger charge is -2.16. The van der Waals surface area contributed by atoms with Gasteiger partial charge in [-0.2, -0.15) is 0 Å². The predicted molar refractivity (Wildman–Crippen MR) is 91.8 cm³/mol. The van der Waals surface area contributed by atoms with Gasteiger partial charge in [0, 0.05) is 20.3 Å². The Morgan fingerprint density at radius 1 is 1.26 bits per heavy atom. The average molecular weight is 342 g/mol. The monoisotopic (exact) mass is 341 g/mol. The highest BCUT2D eigenvalue weighted by atomic mass is 35.5. The zero-order valence-corrected chi connectivity index (χ0v) is 14.6. The van der Waals surface area contributed by atoms with Crippen LogP contribution in [0.4, 0.5) is 5.69 Å². The molecule has 128 valence electrons. The van der Waals surface area contributed by atoms with E-state index in [1.807, 2.05) is 13.0 Å². The molecule has 0 aromatic heterocycles. The third-order valence-electron chi connectivity index (χ3n) is 3.07. The van der Waals surface area contributed by atoms with Crippen molar-refractivity contribution < 1.29 is 14.3 Å². The van der Waals surface area contributed by atoms with Gasteiger partial charge in [-0.3, -0.25) is 14.5 Å². The van der Waals surface area contributed by atoms with Crippen molar-refractivity contribution >= 4 is 29.1 Å². The van der Waals surface area contributed by atoms with E-state index in [4.69, 9.17) is 16.3 Å². The van der Waals surface area contributed by atoms with E-state index in [0.29, 0.717) is 23.9 Å². The van der Waals surface area contributed by atoms with E-state index in [1.54, 1.807) is 31.2 Å². The number of nitrogens with one attached hydrogen (secondary N) is 2. The lowest BCUT2D eigenvalue weighted by atomic mass is 10.2. The molecule has 0 spiro atoms. The Balaban J connectivity index is 2.34. The molecule has 0 saturated heterocycles. The Morgan fingerprint density at radius 3 is 2.61 bits per heavy atom. The van der Waals surface area contributed by atoms with Crippen LogP contribution in [-0.4, -0.2) is 57.1 Å². The first-order valence-corrected chi connectivity index (χ1v) is 7.80. The number of methoxy groups -OCH3 is 1. The standard InChI is InChI=1S/C16H24ClN3O3/c1-12-5-6-14(13(17)9-12)19-16(22)11-20(2)10-15(21)18-7-4-8-23-3/h5-6,9H,4,7-8,10-11H2,1-3H3,(H,18,21)(H,19,22). The van der Waals surface area contributed by atoms with Crippen molar-refractivity contribution in [3.8, 4) is 0 Å².